The maximum Gasteiger partial charge on any atom is 0.0807 e. The molecular formula is C14H14BrClN2. The van der Waals surface area contributed by atoms with Crippen molar-refractivity contribution in [3.05, 3.63) is 51.5 Å². The van der Waals surface area contributed by atoms with Crippen molar-refractivity contribution >= 4 is 44.6 Å². The van der Waals surface area contributed by atoms with Gasteiger partial charge in [0.15, 0.2) is 0 Å². The van der Waals surface area contributed by atoms with Crippen LogP contribution in [0.5, 0.6) is 0 Å². The molecule has 4 heteroatoms. The van der Waals surface area contributed by atoms with Crippen molar-refractivity contribution in [2.45, 2.75) is 13.3 Å². The summed E-state index contributed by atoms with van der Waals surface area (Å²) < 4.78 is 1.07. The van der Waals surface area contributed by atoms with Gasteiger partial charge >= 0.3 is 0 Å². The van der Waals surface area contributed by atoms with Crippen LogP contribution in [0.25, 0.3) is 0 Å². The molecule has 0 fully saturated rings. The summed E-state index contributed by atoms with van der Waals surface area (Å²) in [5.41, 5.74) is 9.58. The molecule has 2 nitrogen and oxygen atoms in total. The van der Waals surface area contributed by atoms with Gasteiger partial charge in [0.05, 0.1) is 16.4 Å². The van der Waals surface area contributed by atoms with Crippen molar-refractivity contribution in [1.82, 2.24) is 0 Å². The third kappa shape index (κ3) is 2.79. The minimum absolute atomic E-state index is 0.625. The SMILES string of the molecule is CCc1cc(Br)ccc1Nc1c(N)cccc1Cl. The van der Waals surface area contributed by atoms with Crippen LogP contribution < -0.4 is 11.1 Å². The van der Waals surface area contributed by atoms with Crippen molar-refractivity contribution in [1.29, 1.82) is 0 Å². The average Bonchev–Trinajstić information content (AvgIpc) is 2.35. The van der Waals surface area contributed by atoms with Crippen LogP contribution in [-0.2, 0) is 6.42 Å². The molecule has 3 N–H and O–H groups in total. The minimum Gasteiger partial charge on any atom is -0.397 e. The summed E-state index contributed by atoms with van der Waals surface area (Å²) in [6.07, 6.45) is 0.937. The third-order valence-electron chi connectivity index (χ3n) is 2.75. The Balaban J connectivity index is 2.40. The molecule has 0 aliphatic rings. The topological polar surface area (TPSA) is 38.0 Å². The predicted molar refractivity (Wildman–Crippen MR) is 82.7 cm³/mol. The predicted octanol–water partition coefficient (Wildman–Crippen LogP) is 4.99. The van der Waals surface area contributed by atoms with Crippen LogP contribution >= 0.6 is 27.5 Å². The lowest BCUT2D eigenvalue weighted by Crippen LogP contribution is -1.99. The van der Waals surface area contributed by atoms with E-state index in [2.05, 4.69) is 34.2 Å². The number of anilines is 3. The molecule has 0 aromatic heterocycles. The highest BCUT2D eigenvalue weighted by atomic mass is 79.9. The van der Waals surface area contributed by atoms with E-state index in [1.54, 1.807) is 0 Å². The molecule has 0 amide bonds. The second-order valence-corrected chi connectivity index (χ2v) is 5.31. The number of hydrogen-bond acceptors (Lipinski definition) is 2. The van der Waals surface area contributed by atoms with Gasteiger partial charge in [-0.05, 0) is 42.3 Å². The third-order valence-corrected chi connectivity index (χ3v) is 3.56. The number of nitrogens with one attached hydrogen (secondary N) is 1. The lowest BCUT2D eigenvalue weighted by Gasteiger charge is -2.14. The van der Waals surface area contributed by atoms with Gasteiger partial charge < -0.3 is 11.1 Å². The van der Waals surface area contributed by atoms with E-state index in [4.69, 9.17) is 17.3 Å². The fourth-order valence-corrected chi connectivity index (χ4v) is 2.42. The second-order valence-electron chi connectivity index (χ2n) is 3.98. The zero-order chi connectivity index (χ0) is 13.1. The molecule has 0 aliphatic carbocycles. The van der Waals surface area contributed by atoms with Crippen LogP contribution in [0.2, 0.25) is 5.02 Å². The molecule has 0 saturated heterocycles. The Hall–Kier alpha value is -1.19. The Morgan fingerprint density at radius 3 is 2.72 bits per heavy atom. The highest BCUT2D eigenvalue weighted by molar-refractivity contribution is 9.10. The van der Waals surface area contributed by atoms with Crippen LogP contribution in [0, 0.1) is 0 Å². The summed E-state index contributed by atoms with van der Waals surface area (Å²) in [6, 6.07) is 11.6. The maximum atomic E-state index is 6.15. The summed E-state index contributed by atoms with van der Waals surface area (Å²) in [5.74, 6) is 0. The Bertz CT molecular complexity index is 549. The summed E-state index contributed by atoms with van der Waals surface area (Å²) in [4.78, 5) is 0. The average molecular weight is 326 g/mol. The molecule has 0 spiro atoms. The maximum absolute atomic E-state index is 6.15. The van der Waals surface area contributed by atoms with Gasteiger partial charge in [0.25, 0.3) is 0 Å². The summed E-state index contributed by atoms with van der Waals surface area (Å²) in [7, 11) is 0. The summed E-state index contributed by atoms with van der Waals surface area (Å²) in [6.45, 7) is 2.11. The number of aryl methyl sites for hydroxylation is 1. The number of benzene rings is 2. The molecule has 0 atom stereocenters. The van der Waals surface area contributed by atoms with E-state index in [9.17, 15) is 0 Å². The first kappa shape index (κ1) is 13.2. The van der Waals surface area contributed by atoms with Crippen LogP contribution in [-0.4, -0.2) is 0 Å². The molecule has 0 saturated carbocycles. The van der Waals surface area contributed by atoms with Crippen LogP contribution in [0.3, 0.4) is 0 Å². The van der Waals surface area contributed by atoms with Gasteiger partial charge in [-0.2, -0.15) is 0 Å². The Morgan fingerprint density at radius 2 is 2.06 bits per heavy atom. The first-order valence-electron chi connectivity index (χ1n) is 5.71. The number of halogens is 2. The lowest BCUT2D eigenvalue weighted by atomic mass is 10.1. The molecule has 2 rings (SSSR count). The zero-order valence-electron chi connectivity index (χ0n) is 10.0. The standard InChI is InChI=1S/C14H14BrClN2/c1-2-9-8-10(15)6-7-13(9)18-14-11(16)4-3-5-12(14)17/h3-8,18H,2,17H2,1H3. The number of para-hydroxylation sites is 1. The fourth-order valence-electron chi connectivity index (χ4n) is 1.78. The van der Waals surface area contributed by atoms with Crippen molar-refractivity contribution in [2.24, 2.45) is 0 Å². The second kappa shape index (κ2) is 5.63. The van der Waals surface area contributed by atoms with Gasteiger partial charge in [-0.25, -0.2) is 0 Å². The largest absolute Gasteiger partial charge is 0.397 e. The first-order valence-corrected chi connectivity index (χ1v) is 6.88. The van der Waals surface area contributed by atoms with E-state index >= 15 is 0 Å². The van der Waals surface area contributed by atoms with E-state index in [1.165, 1.54) is 5.56 Å². The number of nitrogen functional groups attached to an aromatic ring is 1. The molecule has 94 valence electrons. The Kier molecular flexibility index (Phi) is 4.15. The highest BCUT2D eigenvalue weighted by Gasteiger charge is 2.07. The molecule has 0 unspecified atom stereocenters. The van der Waals surface area contributed by atoms with Gasteiger partial charge in [0.2, 0.25) is 0 Å². The molecule has 18 heavy (non-hydrogen) atoms. The molecule has 0 radical (unpaired) electrons. The molecular weight excluding hydrogens is 312 g/mol. The molecule has 2 aromatic carbocycles. The first-order chi connectivity index (χ1) is 8.61. The van der Waals surface area contributed by atoms with E-state index in [-0.39, 0.29) is 0 Å². The van der Waals surface area contributed by atoms with Crippen molar-refractivity contribution < 1.29 is 0 Å². The van der Waals surface area contributed by atoms with Crippen molar-refractivity contribution in [3.8, 4) is 0 Å². The quantitative estimate of drug-likeness (QED) is 0.780. The highest BCUT2D eigenvalue weighted by Crippen LogP contribution is 2.33. The van der Waals surface area contributed by atoms with Crippen LogP contribution in [0.1, 0.15) is 12.5 Å². The van der Waals surface area contributed by atoms with E-state index < -0.39 is 0 Å². The van der Waals surface area contributed by atoms with Gasteiger partial charge in [-0.3, -0.25) is 0 Å². The molecule has 2 aromatic rings. The summed E-state index contributed by atoms with van der Waals surface area (Å²) in [5, 5.41) is 3.93. The van der Waals surface area contributed by atoms with E-state index in [0.717, 1.165) is 22.3 Å². The monoisotopic (exact) mass is 324 g/mol. The number of hydrogen-bond donors (Lipinski definition) is 2. The van der Waals surface area contributed by atoms with Gasteiger partial charge in [-0.15, -0.1) is 0 Å². The fraction of sp³-hybridized carbons (Fsp3) is 0.143. The van der Waals surface area contributed by atoms with Crippen LogP contribution in [0.4, 0.5) is 17.1 Å². The van der Waals surface area contributed by atoms with E-state index in [0.29, 0.717) is 10.7 Å². The van der Waals surface area contributed by atoms with Crippen molar-refractivity contribution in [2.75, 3.05) is 11.1 Å². The van der Waals surface area contributed by atoms with Crippen LogP contribution in [0.15, 0.2) is 40.9 Å². The molecule has 0 heterocycles. The zero-order valence-corrected chi connectivity index (χ0v) is 12.3. The number of rotatable bonds is 3. The number of nitrogens with two attached hydrogens (primary N) is 1. The molecule has 0 aliphatic heterocycles. The van der Waals surface area contributed by atoms with Gasteiger partial charge in [0.1, 0.15) is 0 Å². The van der Waals surface area contributed by atoms with E-state index in [1.807, 2.05) is 30.3 Å². The van der Waals surface area contributed by atoms with Gasteiger partial charge in [0, 0.05) is 10.2 Å². The normalized spacial score (nSPS) is 10.4. The summed E-state index contributed by atoms with van der Waals surface area (Å²) >= 11 is 9.63. The van der Waals surface area contributed by atoms with Gasteiger partial charge in [-0.1, -0.05) is 40.5 Å². The van der Waals surface area contributed by atoms with Crippen molar-refractivity contribution in [3.63, 3.8) is 0 Å². The molecule has 0 bridgehead atoms. The smallest absolute Gasteiger partial charge is 0.0807 e. The lowest BCUT2D eigenvalue weighted by molar-refractivity contribution is 1.14. The minimum atomic E-state index is 0.625. The Morgan fingerprint density at radius 1 is 1.28 bits per heavy atom. The Labute approximate surface area is 120 Å².